The van der Waals surface area contributed by atoms with Crippen LogP contribution in [0.2, 0.25) is 0 Å². The zero-order valence-electron chi connectivity index (χ0n) is 11.9. The summed E-state index contributed by atoms with van der Waals surface area (Å²) in [6.07, 6.45) is 6.15. The zero-order valence-corrected chi connectivity index (χ0v) is 11.9. The van der Waals surface area contributed by atoms with Crippen LogP contribution < -0.4 is 11.1 Å². The molecule has 0 bridgehead atoms. The molecule has 3 N–H and O–H groups in total. The van der Waals surface area contributed by atoms with Crippen molar-refractivity contribution in [3.05, 3.63) is 17.5 Å². The highest BCUT2D eigenvalue weighted by Crippen LogP contribution is 2.26. The second-order valence-electron chi connectivity index (χ2n) is 5.51. The third kappa shape index (κ3) is 3.35. The minimum atomic E-state index is -0.107. The van der Waals surface area contributed by atoms with Gasteiger partial charge in [-0.15, -0.1) is 0 Å². The van der Waals surface area contributed by atoms with Gasteiger partial charge in [0.15, 0.2) is 0 Å². The maximum Gasteiger partial charge on any atom is 0.272 e. The topological polar surface area (TPSA) is 72.9 Å². The van der Waals surface area contributed by atoms with Crippen LogP contribution in [0.1, 0.15) is 48.3 Å². The Balaban J connectivity index is 1.99. The minimum absolute atomic E-state index is 0.0788. The molecule has 1 aliphatic carbocycles. The number of hydrogen-bond donors (Lipinski definition) is 2. The number of nitrogens with one attached hydrogen (secondary N) is 1. The highest BCUT2D eigenvalue weighted by molar-refractivity contribution is 5.92. The number of rotatable bonds is 4. The molecular weight excluding hydrogens is 240 g/mol. The fraction of sp³-hybridized carbons (Fsp3) is 0.714. The quantitative estimate of drug-likeness (QED) is 0.862. The molecule has 2 rings (SSSR count). The average molecular weight is 264 g/mol. The molecule has 5 nitrogen and oxygen atoms in total. The molecule has 1 heterocycles. The minimum Gasteiger partial charge on any atom is -0.346 e. The predicted molar refractivity (Wildman–Crippen MR) is 74.8 cm³/mol. The van der Waals surface area contributed by atoms with E-state index in [1.807, 2.05) is 20.0 Å². The van der Waals surface area contributed by atoms with Crippen LogP contribution in [-0.4, -0.2) is 28.3 Å². The van der Waals surface area contributed by atoms with Crippen molar-refractivity contribution in [2.45, 2.75) is 45.1 Å². The van der Waals surface area contributed by atoms with Crippen LogP contribution in [0, 0.1) is 12.8 Å². The van der Waals surface area contributed by atoms with E-state index in [0.717, 1.165) is 5.69 Å². The molecule has 106 valence electrons. The number of carbonyl (C=O) groups excluding carboxylic acids is 1. The number of hydrogen-bond acceptors (Lipinski definition) is 3. The number of aryl methyl sites for hydroxylation is 2. The number of carbonyl (C=O) groups is 1. The van der Waals surface area contributed by atoms with Crippen LogP contribution in [-0.2, 0) is 7.05 Å². The molecule has 1 atom stereocenters. The highest BCUT2D eigenvalue weighted by Gasteiger charge is 2.25. The van der Waals surface area contributed by atoms with Crippen LogP contribution in [0.25, 0.3) is 0 Å². The van der Waals surface area contributed by atoms with Gasteiger partial charge in [0.25, 0.3) is 5.91 Å². The first-order valence-corrected chi connectivity index (χ1v) is 7.13. The van der Waals surface area contributed by atoms with E-state index in [2.05, 4.69) is 10.4 Å². The summed E-state index contributed by atoms with van der Waals surface area (Å²) in [5.74, 6) is 0.414. The molecule has 0 radical (unpaired) electrons. The fourth-order valence-corrected chi connectivity index (χ4v) is 2.82. The molecule has 1 aromatic rings. The first-order chi connectivity index (χ1) is 9.11. The Hall–Kier alpha value is -1.36. The summed E-state index contributed by atoms with van der Waals surface area (Å²) in [4.78, 5) is 12.2. The van der Waals surface area contributed by atoms with Crippen molar-refractivity contribution in [2.75, 3.05) is 6.54 Å². The molecule has 1 fully saturated rings. The second kappa shape index (κ2) is 6.19. The molecule has 1 unspecified atom stereocenters. The van der Waals surface area contributed by atoms with Crippen molar-refractivity contribution >= 4 is 5.91 Å². The molecule has 1 saturated carbocycles. The Morgan fingerprint density at radius 1 is 1.53 bits per heavy atom. The van der Waals surface area contributed by atoms with Crippen LogP contribution in [0.15, 0.2) is 6.07 Å². The molecule has 1 aliphatic rings. The van der Waals surface area contributed by atoms with Crippen molar-refractivity contribution in [3.63, 3.8) is 0 Å². The van der Waals surface area contributed by atoms with Gasteiger partial charge in [0, 0.05) is 25.3 Å². The lowest BCUT2D eigenvalue weighted by molar-refractivity contribution is 0.0909. The lowest BCUT2D eigenvalue weighted by Gasteiger charge is -2.29. The Morgan fingerprint density at radius 3 is 2.74 bits per heavy atom. The number of aromatic nitrogens is 2. The van der Waals surface area contributed by atoms with Gasteiger partial charge < -0.3 is 11.1 Å². The van der Waals surface area contributed by atoms with Gasteiger partial charge in [0.1, 0.15) is 5.69 Å². The molecule has 5 heteroatoms. The summed E-state index contributed by atoms with van der Waals surface area (Å²) in [5, 5.41) is 7.26. The predicted octanol–water partition coefficient (Wildman–Crippen LogP) is 1.37. The zero-order chi connectivity index (χ0) is 13.8. The molecule has 0 saturated heterocycles. The fourth-order valence-electron chi connectivity index (χ4n) is 2.82. The van der Waals surface area contributed by atoms with E-state index in [1.165, 1.54) is 32.1 Å². The summed E-state index contributed by atoms with van der Waals surface area (Å²) >= 11 is 0. The normalized spacial score (nSPS) is 18.3. The van der Waals surface area contributed by atoms with E-state index in [4.69, 9.17) is 5.73 Å². The van der Waals surface area contributed by atoms with Gasteiger partial charge in [-0.3, -0.25) is 9.48 Å². The van der Waals surface area contributed by atoms with E-state index in [1.54, 1.807) is 4.68 Å². The van der Waals surface area contributed by atoms with Crippen LogP contribution >= 0.6 is 0 Å². The molecule has 0 aliphatic heterocycles. The summed E-state index contributed by atoms with van der Waals surface area (Å²) in [6, 6.07) is 1.89. The smallest absolute Gasteiger partial charge is 0.272 e. The van der Waals surface area contributed by atoms with Crippen molar-refractivity contribution in [1.29, 1.82) is 0 Å². The van der Waals surface area contributed by atoms with Gasteiger partial charge in [-0.1, -0.05) is 19.3 Å². The van der Waals surface area contributed by atoms with Crippen molar-refractivity contribution in [2.24, 2.45) is 18.7 Å². The van der Waals surface area contributed by atoms with Crippen molar-refractivity contribution < 1.29 is 4.79 Å². The van der Waals surface area contributed by atoms with Gasteiger partial charge >= 0.3 is 0 Å². The second-order valence-corrected chi connectivity index (χ2v) is 5.51. The first kappa shape index (κ1) is 14.1. The standard InChI is InChI=1S/C14H24N4O/c1-10-8-12(17-18(10)2)14(19)16-13(9-15)11-6-4-3-5-7-11/h8,11,13H,3-7,9,15H2,1-2H3,(H,16,19). The summed E-state index contributed by atoms with van der Waals surface area (Å²) in [6.45, 7) is 2.44. The van der Waals surface area contributed by atoms with Gasteiger partial charge in [0.2, 0.25) is 0 Å². The number of amides is 1. The lowest BCUT2D eigenvalue weighted by atomic mass is 9.84. The Kier molecular flexibility index (Phi) is 4.58. The van der Waals surface area contributed by atoms with E-state index < -0.39 is 0 Å². The molecule has 0 aromatic carbocycles. The Labute approximate surface area is 114 Å². The van der Waals surface area contributed by atoms with Crippen molar-refractivity contribution in [1.82, 2.24) is 15.1 Å². The third-order valence-electron chi connectivity index (χ3n) is 4.14. The molecular formula is C14H24N4O. The van der Waals surface area contributed by atoms with E-state index in [9.17, 15) is 4.79 Å². The SMILES string of the molecule is Cc1cc(C(=O)NC(CN)C2CCCCC2)nn1C. The average Bonchev–Trinajstić information content (AvgIpc) is 2.77. The van der Waals surface area contributed by atoms with Crippen LogP contribution in [0.5, 0.6) is 0 Å². The molecule has 0 spiro atoms. The van der Waals surface area contributed by atoms with E-state index in [0.29, 0.717) is 18.2 Å². The monoisotopic (exact) mass is 264 g/mol. The lowest BCUT2D eigenvalue weighted by Crippen LogP contribution is -2.46. The summed E-state index contributed by atoms with van der Waals surface area (Å²) < 4.78 is 1.72. The van der Waals surface area contributed by atoms with Gasteiger partial charge in [-0.2, -0.15) is 5.10 Å². The van der Waals surface area contributed by atoms with Gasteiger partial charge in [0.05, 0.1) is 0 Å². The Bertz CT molecular complexity index is 415. The van der Waals surface area contributed by atoms with Crippen LogP contribution in [0.4, 0.5) is 0 Å². The third-order valence-corrected chi connectivity index (χ3v) is 4.14. The largest absolute Gasteiger partial charge is 0.346 e. The summed E-state index contributed by atoms with van der Waals surface area (Å²) in [7, 11) is 1.84. The summed E-state index contributed by atoms with van der Waals surface area (Å²) in [5.41, 5.74) is 7.28. The maximum atomic E-state index is 12.2. The molecule has 19 heavy (non-hydrogen) atoms. The number of nitrogens with zero attached hydrogens (tertiary/aromatic N) is 2. The Morgan fingerprint density at radius 2 is 2.21 bits per heavy atom. The number of nitrogens with two attached hydrogens (primary N) is 1. The van der Waals surface area contributed by atoms with Gasteiger partial charge in [-0.05, 0) is 31.7 Å². The highest BCUT2D eigenvalue weighted by atomic mass is 16.2. The van der Waals surface area contributed by atoms with Crippen molar-refractivity contribution in [3.8, 4) is 0 Å². The molecule has 1 amide bonds. The molecule has 1 aromatic heterocycles. The van der Waals surface area contributed by atoms with E-state index in [-0.39, 0.29) is 11.9 Å². The first-order valence-electron chi connectivity index (χ1n) is 7.13. The van der Waals surface area contributed by atoms with E-state index >= 15 is 0 Å². The maximum absolute atomic E-state index is 12.2. The van der Waals surface area contributed by atoms with Crippen LogP contribution in [0.3, 0.4) is 0 Å². The van der Waals surface area contributed by atoms with Gasteiger partial charge in [-0.25, -0.2) is 0 Å².